The fourth-order valence-electron chi connectivity index (χ4n) is 3.28. The first-order valence-electron chi connectivity index (χ1n) is 7.55. The lowest BCUT2D eigenvalue weighted by atomic mass is 10.0. The van der Waals surface area contributed by atoms with E-state index in [-0.39, 0.29) is 23.9 Å². The fourth-order valence-corrected chi connectivity index (χ4v) is 3.28. The van der Waals surface area contributed by atoms with Crippen LogP contribution in [-0.4, -0.2) is 35.3 Å². The molecule has 3 atom stereocenters. The molecule has 1 heterocycles. The van der Waals surface area contributed by atoms with E-state index in [1.807, 2.05) is 11.8 Å². The van der Waals surface area contributed by atoms with Crippen molar-refractivity contribution in [3.8, 4) is 0 Å². The van der Waals surface area contributed by atoms with Crippen LogP contribution in [0.25, 0.3) is 0 Å². The quantitative estimate of drug-likeness (QED) is 0.837. The van der Waals surface area contributed by atoms with E-state index in [1.54, 1.807) is 0 Å². The Kier molecular flexibility index (Phi) is 2.88. The molecule has 2 amide bonds. The Bertz CT molecular complexity index is 414. The zero-order valence-electron chi connectivity index (χ0n) is 12.1. The minimum Gasteiger partial charge on any atom is -0.342 e. The van der Waals surface area contributed by atoms with E-state index >= 15 is 0 Å². The molecular weight excluding hydrogens is 240 g/mol. The van der Waals surface area contributed by atoms with Gasteiger partial charge in [0.15, 0.2) is 0 Å². The van der Waals surface area contributed by atoms with Crippen LogP contribution in [0.5, 0.6) is 0 Å². The molecule has 106 valence electrons. The molecule has 0 aromatic heterocycles. The van der Waals surface area contributed by atoms with Gasteiger partial charge in [0, 0.05) is 6.54 Å². The van der Waals surface area contributed by atoms with Crippen LogP contribution in [0.3, 0.4) is 0 Å². The van der Waals surface area contributed by atoms with E-state index in [1.165, 1.54) is 6.42 Å². The molecule has 0 spiro atoms. The molecule has 0 aromatic carbocycles. The van der Waals surface area contributed by atoms with Crippen LogP contribution < -0.4 is 5.32 Å². The van der Waals surface area contributed by atoms with Gasteiger partial charge < -0.3 is 10.2 Å². The van der Waals surface area contributed by atoms with Crippen molar-refractivity contribution in [1.82, 2.24) is 10.2 Å². The molecule has 3 rings (SSSR count). The Hall–Kier alpha value is -1.06. The molecular formula is C15H24N2O2. The number of hydrogen-bond acceptors (Lipinski definition) is 2. The average molecular weight is 264 g/mol. The Labute approximate surface area is 114 Å². The molecule has 0 bridgehead atoms. The highest BCUT2D eigenvalue weighted by Crippen LogP contribution is 2.52. The Balaban J connectivity index is 1.75. The number of nitrogens with one attached hydrogen (secondary N) is 1. The van der Waals surface area contributed by atoms with Gasteiger partial charge in [0.1, 0.15) is 12.1 Å². The molecule has 3 aliphatic rings. The van der Waals surface area contributed by atoms with Gasteiger partial charge in [-0.25, -0.2) is 0 Å². The Morgan fingerprint density at radius 3 is 2.42 bits per heavy atom. The number of carbonyl (C=O) groups excluding carboxylic acids is 2. The van der Waals surface area contributed by atoms with Crippen LogP contribution in [0.4, 0.5) is 0 Å². The second kappa shape index (κ2) is 4.22. The number of piperazine rings is 1. The van der Waals surface area contributed by atoms with Crippen LogP contribution >= 0.6 is 0 Å². The monoisotopic (exact) mass is 264 g/mol. The summed E-state index contributed by atoms with van der Waals surface area (Å²) >= 11 is 0. The highest BCUT2D eigenvalue weighted by atomic mass is 16.2. The molecule has 4 heteroatoms. The molecule has 2 aliphatic carbocycles. The summed E-state index contributed by atoms with van der Waals surface area (Å²) < 4.78 is 0. The molecule has 0 radical (unpaired) electrons. The maximum Gasteiger partial charge on any atom is 0.246 e. The van der Waals surface area contributed by atoms with Crippen molar-refractivity contribution >= 4 is 11.8 Å². The van der Waals surface area contributed by atoms with Crippen molar-refractivity contribution in [1.29, 1.82) is 0 Å². The van der Waals surface area contributed by atoms with E-state index in [0.29, 0.717) is 23.7 Å². The van der Waals surface area contributed by atoms with Crippen molar-refractivity contribution in [2.75, 3.05) is 6.54 Å². The predicted molar refractivity (Wildman–Crippen MR) is 72.3 cm³/mol. The van der Waals surface area contributed by atoms with Crippen molar-refractivity contribution < 1.29 is 9.59 Å². The second-order valence-electron chi connectivity index (χ2n) is 7.13. The zero-order valence-corrected chi connectivity index (χ0v) is 12.1. The fraction of sp³-hybridized carbons (Fsp3) is 0.867. The van der Waals surface area contributed by atoms with Crippen LogP contribution in [0.15, 0.2) is 0 Å². The standard InChI is InChI=1S/C15H24N2O2/c1-4-11-13(18)16-12(9-5-6-9)14(19)17(11)8-10-7-15(10,2)3/h9-12H,4-8H2,1-3H3,(H,16,18). The molecule has 19 heavy (non-hydrogen) atoms. The summed E-state index contributed by atoms with van der Waals surface area (Å²) in [5, 5.41) is 2.94. The zero-order chi connectivity index (χ0) is 13.8. The third kappa shape index (κ3) is 2.26. The van der Waals surface area contributed by atoms with E-state index < -0.39 is 0 Å². The molecule has 1 N–H and O–H groups in total. The van der Waals surface area contributed by atoms with Gasteiger partial charge in [0.25, 0.3) is 0 Å². The average Bonchev–Trinajstić information content (AvgIpc) is 3.23. The maximum atomic E-state index is 12.6. The molecule has 4 nitrogen and oxygen atoms in total. The predicted octanol–water partition coefficient (Wildman–Crippen LogP) is 1.55. The van der Waals surface area contributed by atoms with Gasteiger partial charge in [-0.3, -0.25) is 9.59 Å². The van der Waals surface area contributed by atoms with Crippen molar-refractivity contribution in [3.05, 3.63) is 0 Å². The number of amides is 2. The van der Waals surface area contributed by atoms with Gasteiger partial charge in [-0.2, -0.15) is 0 Å². The van der Waals surface area contributed by atoms with Gasteiger partial charge in [-0.1, -0.05) is 20.8 Å². The topological polar surface area (TPSA) is 49.4 Å². The largest absolute Gasteiger partial charge is 0.342 e. The van der Waals surface area contributed by atoms with E-state index in [4.69, 9.17) is 0 Å². The molecule has 1 aliphatic heterocycles. The molecule has 0 aromatic rings. The number of rotatable bonds is 4. The summed E-state index contributed by atoms with van der Waals surface area (Å²) in [7, 11) is 0. The minimum atomic E-state index is -0.251. The van der Waals surface area contributed by atoms with Crippen molar-refractivity contribution in [2.45, 2.75) is 58.5 Å². The van der Waals surface area contributed by atoms with Gasteiger partial charge in [-0.15, -0.1) is 0 Å². The molecule has 3 fully saturated rings. The molecule has 3 unspecified atom stereocenters. The summed E-state index contributed by atoms with van der Waals surface area (Å²) in [5.41, 5.74) is 0.349. The lowest BCUT2D eigenvalue weighted by molar-refractivity contribution is -0.150. The lowest BCUT2D eigenvalue weighted by Crippen LogP contribution is -2.64. The SMILES string of the molecule is CCC1C(=O)NC(C2CC2)C(=O)N1CC1CC1(C)C. The third-order valence-corrected chi connectivity index (χ3v) is 5.14. The smallest absolute Gasteiger partial charge is 0.246 e. The van der Waals surface area contributed by atoms with Crippen molar-refractivity contribution in [3.63, 3.8) is 0 Å². The van der Waals surface area contributed by atoms with E-state index in [0.717, 1.165) is 19.4 Å². The summed E-state index contributed by atoms with van der Waals surface area (Å²) in [6.45, 7) is 7.23. The first-order valence-corrected chi connectivity index (χ1v) is 7.55. The summed E-state index contributed by atoms with van der Waals surface area (Å²) in [6.07, 6.45) is 4.04. The van der Waals surface area contributed by atoms with E-state index in [2.05, 4.69) is 19.2 Å². The molecule has 1 saturated heterocycles. The number of hydrogen-bond donors (Lipinski definition) is 1. The van der Waals surface area contributed by atoms with Gasteiger partial charge in [0.2, 0.25) is 11.8 Å². The van der Waals surface area contributed by atoms with Crippen LogP contribution in [0.2, 0.25) is 0 Å². The lowest BCUT2D eigenvalue weighted by Gasteiger charge is -2.39. The summed E-state index contributed by atoms with van der Waals surface area (Å²) in [6, 6.07) is -0.490. The first-order chi connectivity index (χ1) is 8.94. The van der Waals surface area contributed by atoms with Gasteiger partial charge in [-0.05, 0) is 42.9 Å². The van der Waals surface area contributed by atoms with E-state index in [9.17, 15) is 9.59 Å². The van der Waals surface area contributed by atoms with Gasteiger partial charge >= 0.3 is 0 Å². The second-order valence-corrected chi connectivity index (χ2v) is 7.13. The minimum absolute atomic E-state index is 0.0532. The summed E-state index contributed by atoms with van der Waals surface area (Å²) in [4.78, 5) is 26.7. The van der Waals surface area contributed by atoms with Crippen LogP contribution in [0, 0.1) is 17.3 Å². The normalized spacial score (nSPS) is 37.2. The maximum absolute atomic E-state index is 12.6. The van der Waals surface area contributed by atoms with Crippen molar-refractivity contribution in [2.24, 2.45) is 17.3 Å². The number of nitrogens with zero attached hydrogens (tertiary/aromatic N) is 1. The molecule has 2 saturated carbocycles. The Morgan fingerprint density at radius 1 is 1.32 bits per heavy atom. The van der Waals surface area contributed by atoms with Gasteiger partial charge in [0.05, 0.1) is 0 Å². The highest BCUT2D eigenvalue weighted by molar-refractivity contribution is 5.97. The highest BCUT2D eigenvalue weighted by Gasteiger charge is 2.51. The Morgan fingerprint density at radius 2 is 1.95 bits per heavy atom. The first kappa shape index (κ1) is 12.9. The number of carbonyl (C=O) groups is 2. The summed E-state index contributed by atoms with van der Waals surface area (Å²) in [5.74, 6) is 1.18. The van der Waals surface area contributed by atoms with Crippen LogP contribution in [0.1, 0.15) is 46.5 Å². The van der Waals surface area contributed by atoms with Crippen LogP contribution in [-0.2, 0) is 9.59 Å². The third-order valence-electron chi connectivity index (χ3n) is 5.14.